The van der Waals surface area contributed by atoms with Gasteiger partial charge in [0.05, 0.1) is 11.9 Å². The third-order valence-electron chi connectivity index (χ3n) is 3.06. The summed E-state index contributed by atoms with van der Waals surface area (Å²) in [5.41, 5.74) is 2.57. The molecule has 0 atom stereocenters. The Morgan fingerprint density at radius 1 is 1.10 bits per heavy atom. The molecule has 4 nitrogen and oxygen atoms in total. The number of aromatic nitrogens is 1. The summed E-state index contributed by atoms with van der Waals surface area (Å²) >= 11 is 0. The lowest BCUT2D eigenvalue weighted by Gasteiger charge is -2.30. The molecule has 2 aromatic rings. The van der Waals surface area contributed by atoms with Gasteiger partial charge in [0, 0.05) is 11.8 Å². The van der Waals surface area contributed by atoms with Crippen molar-refractivity contribution in [1.29, 1.82) is 0 Å². The number of pyridine rings is 1. The first-order valence-corrected chi connectivity index (χ1v) is 6.05. The van der Waals surface area contributed by atoms with Crippen LogP contribution in [0.5, 0.6) is 0 Å². The first kappa shape index (κ1) is 13.3. The van der Waals surface area contributed by atoms with Gasteiger partial charge in [-0.15, -0.1) is 0 Å². The van der Waals surface area contributed by atoms with E-state index in [1.54, 1.807) is 24.3 Å². The fraction of sp³-hybridized carbons (Fsp3) is 0.0714. The maximum atomic E-state index is 13.1. The molecule has 0 saturated carbocycles. The number of alkyl halides is 3. The van der Waals surface area contributed by atoms with Gasteiger partial charge in [-0.3, -0.25) is 5.43 Å². The quantitative estimate of drug-likeness (QED) is 0.843. The standard InChI is InChI=1S/C14H10F3N3O/c15-14(16,17)10-5-3-7-18-13(10)20-11-6-2-1-4-9(11)12(21)8-19-20/h1-8,19,21H. The highest BCUT2D eigenvalue weighted by atomic mass is 19.4. The number of benzene rings is 1. The Morgan fingerprint density at radius 2 is 1.86 bits per heavy atom. The summed E-state index contributed by atoms with van der Waals surface area (Å²) in [6.45, 7) is 0. The molecular formula is C14H10F3N3O. The molecule has 1 aliphatic rings. The van der Waals surface area contributed by atoms with Crippen molar-refractivity contribution >= 4 is 17.3 Å². The van der Waals surface area contributed by atoms with Crippen LogP contribution >= 0.6 is 0 Å². The average molecular weight is 293 g/mol. The van der Waals surface area contributed by atoms with Crippen molar-refractivity contribution in [1.82, 2.24) is 10.4 Å². The Bertz CT molecular complexity index is 713. The van der Waals surface area contributed by atoms with Gasteiger partial charge in [0.25, 0.3) is 0 Å². The number of nitrogens with one attached hydrogen (secondary N) is 1. The first-order chi connectivity index (χ1) is 9.98. The number of aliphatic hydroxyl groups is 1. The minimum Gasteiger partial charge on any atom is -0.506 e. The summed E-state index contributed by atoms with van der Waals surface area (Å²) in [5.74, 6) is -0.326. The molecular weight excluding hydrogens is 283 g/mol. The molecule has 2 heterocycles. The average Bonchev–Trinajstić information content (AvgIpc) is 2.47. The van der Waals surface area contributed by atoms with Crippen molar-refractivity contribution in [2.24, 2.45) is 0 Å². The number of aliphatic hydroxyl groups excluding tert-OH is 1. The highest BCUT2D eigenvalue weighted by Crippen LogP contribution is 2.39. The molecule has 0 saturated heterocycles. The number of anilines is 2. The van der Waals surface area contributed by atoms with Gasteiger partial charge < -0.3 is 5.11 Å². The van der Waals surface area contributed by atoms with E-state index in [2.05, 4.69) is 10.4 Å². The van der Waals surface area contributed by atoms with Crippen molar-refractivity contribution in [2.45, 2.75) is 6.18 Å². The zero-order valence-corrected chi connectivity index (χ0v) is 10.6. The number of hydrogen-bond acceptors (Lipinski definition) is 4. The van der Waals surface area contributed by atoms with Crippen molar-refractivity contribution in [3.63, 3.8) is 0 Å². The summed E-state index contributed by atoms with van der Waals surface area (Å²) in [5, 5.41) is 11.0. The fourth-order valence-corrected chi connectivity index (χ4v) is 2.13. The normalized spacial score (nSPS) is 14.2. The zero-order valence-electron chi connectivity index (χ0n) is 10.6. The summed E-state index contributed by atoms with van der Waals surface area (Å²) in [6, 6.07) is 8.77. The maximum absolute atomic E-state index is 13.1. The largest absolute Gasteiger partial charge is 0.506 e. The van der Waals surface area contributed by atoms with Gasteiger partial charge in [0.15, 0.2) is 5.82 Å². The number of hydrogen-bond donors (Lipinski definition) is 2. The monoisotopic (exact) mass is 293 g/mol. The number of nitrogens with zero attached hydrogens (tertiary/aromatic N) is 2. The minimum absolute atomic E-state index is 0.0497. The number of halogens is 3. The molecule has 0 unspecified atom stereocenters. The van der Waals surface area contributed by atoms with Crippen LogP contribution in [0.2, 0.25) is 0 Å². The molecule has 2 N–H and O–H groups in total. The van der Waals surface area contributed by atoms with E-state index >= 15 is 0 Å². The summed E-state index contributed by atoms with van der Waals surface area (Å²) in [6.07, 6.45) is -2.02. The molecule has 1 aliphatic heterocycles. The molecule has 0 amide bonds. The number of rotatable bonds is 1. The molecule has 3 rings (SSSR count). The van der Waals surface area contributed by atoms with Gasteiger partial charge in [-0.1, -0.05) is 12.1 Å². The van der Waals surface area contributed by atoms with Gasteiger partial charge in [-0.05, 0) is 24.3 Å². The summed E-state index contributed by atoms with van der Waals surface area (Å²) < 4.78 is 39.3. The fourth-order valence-electron chi connectivity index (χ4n) is 2.13. The van der Waals surface area contributed by atoms with Gasteiger partial charge in [-0.25, -0.2) is 9.99 Å². The molecule has 0 bridgehead atoms. The number of para-hydroxylation sites is 1. The number of hydrazine groups is 1. The van der Waals surface area contributed by atoms with Crippen molar-refractivity contribution in [2.75, 3.05) is 5.01 Å². The predicted molar refractivity (Wildman–Crippen MR) is 71.6 cm³/mol. The molecule has 1 aromatic heterocycles. The van der Waals surface area contributed by atoms with E-state index in [-0.39, 0.29) is 11.6 Å². The molecule has 0 aliphatic carbocycles. The summed E-state index contributed by atoms with van der Waals surface area (Å²) in [4.78, 5) is 3.83. The third kappa shape index (κ3) is 2.26. The predicted octanol–water partition coefficient (Wildman–Crippen LogP) is 3.61. The van der Waals surface area contributed by atoms with Crippen LogP contribution in [-0.2, 0) is 6.18 Å². The van der Waals surface area contributed by atoms with E-state index in [0.717, 1.165) is 6.07 Å². The second-order valence-electron chi connectivity index (χ2n) is 4.38. The van der Waals surface area contributed by atoms with Crippen LogP contribution in [0, 0.1) is 0 Å². The van der Waals surface area contributed by atoms with Crippen LogP contribution in [-0.4, -0.2) is 10.1 Å². The van der Waals surface area contributed by atoms with Crippen molar-refractivity contribution in [3.05, 3.63) is 59.9 Å². The van der Waals surface area contributed by atoms with E-state index in [9.17, 15) is 18.3 Å². The molecule has 7 heteroatoms. The Hall–Kier alpha value is -2.70. The lowest BCUT2D eigenvalue weighted by atomic mass is 10.1. The Morgan fingerprint density at radius 3 is 2.62 bits per heavy atom. The number of fused-ring (bicyclic) bond motifs is 1. The lowest BCUT2D eigenvalue weighted by molar-refractivity contribution is -0.137. The zero-order chi connectivity index (χ0) is 15.0. The molecule has 0 fully saturated rings. The maximum Gasteiger partial charge on any atom is 0.420 e. The van der Waals surface area contributed by atoms with E-state index in [1.807, 2.05) is 0 Å². The van der Waals surface area contributed by atoms with Crippen LogP contribution in [0.25, 0.3) is 5.76 Å². The Labute approximate surface area is 118 Å². The van der Waals surface area contributed by atoms with Crippen LogP contribution in [0.1, 0.15) is 11.1 Å². The molecule has 0 spiro atoms. The van der Waals surface area contributed by atoms with Gasteiger partial charge >= 0.3 is 6.18 Å². The molecule has 21 heavy (non-hydrogen) atoms. The molecule has 108 valence electrons. The second-order valence-corrected chi connectivity index (χ2v) is 4.38. The van der Waals surface area contributed by atoms with Crippen LogP contribution in [0.4, 0.5) is 24.7 Å². The lowest BCUT2D eigenvalue weighted by Crippen LogP contribution is -2.35. The molecule has 0 radical (unpaired) electrons. The third-order valence-corrected chi connectivity index (χ3v) is 3.06. The summed E-state index contributed by atoms with van der Waals surface area (Å²) in [7, 11) is 0. The Balaban J connectivity index is 2.16. The van der Waals surface area contributed by atoms with Crippen molar-refractivity contribution < 1.29 is 18.3 Å². The Kier molecular flexibility index (Phi) is 2.97. The van der Waals surface area contributed by atoms with Gasteiger partial charge in [0.2, 0.25) is 0 Å². The smallest absolute Gasteiger partial charge is 0.420 e. The molecule has 1 aromatic carbocycles. The topological polar surface area (TPSA) is 48.4 Å². The van der Waals surface area contributed by atoms with E-state index < -0.39 is 11.7 Å². The highest BCUT2D eigenvalue weighted by molar-refractivity contribution is 5.79. The highest BCUT2D eigenvalue weighted by Gasteiger charge is 2.37. The van der Waals surface area contributed by atoms with E-state index in [1.165, 1.54) is 23.5 Å². The van der Waals surface area contributed by atoms with Crippen LogP contribution < -0.4 is 10.4 Å². The minimum atomic E-state index is -4.52. The van der Waals surface area contributed by atoms with E-state index in [4.69, 9.17) is 0 Å². The van der Waals surface area contributed by atoms with Crippen molar-refractivity contribution in [3.8, 4) is 0 Å². The van der Waals surface area contributed by atoms with Crippen LogP contribution in [0.3, 0.4) is 0 Å². The first-order valence-electron chi connectivity index (χ1n) is 6.05. The van der Waals surface area contributed by atoms with E-state index in [0.29, 0.717) is 11.3 Å². The SMILES string of the molecule is OC1=CNN(c2ncccc2C(F)(F)F)c2ccccc21. The van der Waals surface area contributed by atoms with Gasteiger partial charge in [-0.2, -0.15) is 13.2 Å². The van der Waals surface area contributed by atoms with Crippen LogP contribution in [0.15, 0.2) is 48.8 Å². The second kappa shape index (κ2) is 4.69. The van der Waals surface area contributed by atoms with Gasteiger partial charge in [0.1, 0.15) is 11.3 Å².